The van der Waals surface area contributed by atoms with Crippen molar-refractivity contribution < 1.29 is 14.2 Å². The molecule has 0 radical (unpaired) electrons. The van der Waals surface area contributed by atoms with Crippen molar-refractivity contribution in [2.24, 2.45) is 0 Å². The molecule has 2 fully saturated rings. The van der Waals surface area contributed by atoms with Crippen molar-refractivity contribution in [3.05, 3.63) is 83.2 Å². The van der Waals surface area contributed by atoms with E-state index in [9.17, 15) is 0 Å². The first-order valence-corrected chi connectivity index (χ1v) is 13.4. The molecule has 6 rings (SSSR count). The van der Waals surface area contributed by atoms with Gasteiger partial charge in [0.2, 0.25) is 12.4 Å². The summed E-state index contributed by atoms with van der Waals surface area (Å²) in [7, 11) is 0. The zero-order chi connectivity index (χ0) is 26.1. The number of nitrogens with one attached hydrogen (secondary N) is 1. The van der Waals surface area contributed by atoms with E-state index >= 15 is 0 Å². The number of hydrogen-bond acceptors (Lipinski definition) is 7. The minimum absolute atomic E-state index is 0.101. The summed E-state index contributed by atoms with van der Waals surface area (Å²) in [5.41, 5.74) is 6.25. The lowest BCUT2D eigenvalue weighted by Crippen LogP contribution is -2.54. The fourth-order valence-corrected chi connectivity index (χ4v) is 5.23. The summed E-state index contributed by atoms with van der Waals surface area (Å²) in [6.45, 7) is 8.97. The Balaban J connectivity index is 1.24. The summed E-state index contributed by atoms with van der Waals surface area (Å²) in [6, 6.07) is 20.9. The molecule has 1 N–H and O–H groups in total. The number of nitrogens with zero attached hydrogens (tertiary/aromatic N) is 4. The van der Waals surface area contributed by atoms with Crippen LogP contribution in [-0.2, 0) is 22.6 Å². The molecular formula is C30H35N5O3. The van der Waals surface area contributed by atoms with E-state index in [1.807, 2.05) is 44.2 Å². The van der Waals surface area contributed by atoms with Crippen LogP contribution in [0.5, 0.6) is 5.75 Å². The maximum atomic E-state index is 6.26. The molecular weight excluding hydrogens is 478 g/mol. The lowest BCUT2D eigenvalue weighted by Gasteiger charge is -2.43. The molecule has 2 saturated heterocycles. The smallest absolute Gasteiger partial charge is 0.223 e. The normalized spacial score (nSPS) is 20.4. The van der Waals surface area contributed by atoms with Crippen LogP contribution in [0.15, 0.2) is 60.7 Å². The van der Waals surface area contributed by atoms with Gasteiger partial charge in [0.15, 0.2) is 6.29 Å². The van der Waals surface area contributed by atoms with Crippen LogP contribution in [0, 0.1) is 13.8 Å². The third kappa shape index (κ3) is 5.25. The lowest BCUT2D eigenvalue weighted by atomic mass is 10.1. The predicted octanol–water partition coefficient (Wildman–Crippen LogP) is 5.23. The van der Waals surface area contributed by atoms with Gasteiger partial charge >= 0.3 is 0 Å². The third-order valence-electron chi connectivity index (χ3n) is 7.37. The zero-order valence-electron chi connectivity index (χ0n) is 22.3. The summed E-state index contributed by atoms with van der Waals surface area (Å²) in [6.07, 6.45) is 1.69. The van der Waals surface area contributed by atoms with Gasteiger partial charge < -0.3 is 24.1 Å². The molecule has 198 valence electrons. The summed E-state index contributed by atoms with van der Waals surface area (Å²) in [4.78, 5) is 12.2. The Kier molecular flexibility index (Phi) is 7.02. The first-order chi connectivity index (χ1) is 18.5. The molecule has 38 heavy (non-hydrogen) atoms. The van der Waals surface area contributed by atoms with Crippen molar-refractivity contribution in [2.75, 3.05) is 18.4 Å². The quantitative estimate of drug-likeness (QED) is 0.346. The van der Waals surface area contributed by atoms with E-state index < -0.39 is 0 Å². The number of para-hydroxylation sites is 1. The van der Waals surface area contributed by atoms with Gasteiger partial charge in [-0.2, -0.15) is 0 Å². The maximum Gasteiger partial charge on any atom is 0.223 e. The lowest BCUT2D eigenvalue weighted by molar-refractivity contribution is -0.423. The molecule has 2 aliphatic rings. The van der Waals surface area contributed by atoms with Crippen LogP contribution >= 0.6 is 0 Å². The Bertz CT molecular complexity index is 1390. The number of imidazole rings is 1. The average Bonchev–Trinajstić information content (AvgIpc) is 3.25. The van der Waals surface area contributed by atoms with Gasteiger partial charge in [0, 0.05) is 24.8 Å². The molecule has 8 nitrogen and oxygen atoms in total. The number of fused-ring (bicyclic) bond motifs is 1. The van der Waals surface area contributed by atoms with Gasteiger partial charge in [0.1, 0.15) is 18.1 Å². The van der Waals surface area contributed by atoms with E-state index in [4.69, 9.17) is 24.2 Å². The predicted molar refractivity (Wildman–Crippen MR) is 147 cm³/mol. The van der Waals surface area contributed by atoms with Crippen molar-refractivity contribution in [3.8, 4) is 5.75 Å². The van der Waals surface area contributed by atoms with Gasteiger partial charge in [-0.25, -0.2) is 4.98 Å². The number of anilines is 1. The highest BCUT2D eigenvalue weighted by Crippen LogP contribution is 2.29. The monoisotopic (exact) mass is 513 g/mol. The number of benzene rings is 2. The van der Waals surface area contributed by atoms with Crippen LogP contribution in [0.2, 0.25) is 0 Å². The first kappa shape index (κ1) is 24.9. The maximum absolute atomic E-state index is 6.26. The van der Waals surface area contributed by atoms with E-state index in [0.29, 0.717) is 19.2 Å². The van der Waals surface area contributed by atoms with Crippen molar-refractivity contribution in [2.45, 2.75) is 65.5 Å². The first-order valence-electron chi connectivity index (χ1n) is 13.4. The molecule has 2 aromatic heterocycles. The number of hydrogen-bond donors (Lipinski definition) is 1. The molecule has 4 aromatic rings. The molecule has 2 aromatic carbocycles. The second-order valence-electron chi connectivity index (χ2n) is 10.2. The van der Waals surface area contributed by atoms with E-state index in [2.05, 4.69) is 52.0 Å². The highest BCUT2D eigenvalue weighted by atomic mass is 16.9. The van der Waals surface area contributed by atoms with E-state index in [-0.39, 0.29) is 12.7 Å². The molecule has 0 saturated carbocycles. The van der Waals surface area contributed by atoms with E-state index in [1.165, 1.54) is 0 Å². The van der Waals surface area contributed by atoms with Crippen LogP contribution in [0.25, 0.3) is 11.0 Å². The van der Waals surface area contributed by atoms with Gasteiger partial charge in [0.25, 0.3) is 0 Å². The Hall–Kier alpha value is -3.46. The molecule has 0 bridgehead atoms. The molecule has 0 unspecified atom stereocenters. The van der Waals surface area contributed by atoms with Crippen molar-refractivity contribution in [1.82, 2.24) is 19.4 Å². The Morgan fingerprint density at radius 3 is 2.50 bits per heavy atom. The van der Waals surface area contributed by atoms with Crippen LogP contribution in [0.3, 0.4) is 0 Å². The second-order valence-corrected chi connectivity index (χ2v) is 10.2. The van der Waals surface area contributed by atoms with Gasteiger partial charge in [0.05, 0.1) is 17.6 Å². The zero-order valence-corrected chi connectivity index (χ0v) is 22.3. The molecule has 0 amide bonds. The summed E-state index contributed by atoms with van der Waals surface area (Å²) in [5.74, 6) is 1.66. The van der Waals surface area contributed by atoms with Gasteiger partial charge in [-0.1, -0.05) is 42.5 Å². The molecule has 0 aliphatic carbocycles. The fourth-order valence-electron chi connectivity index (χ4n) is 5.23. The number of aryl methyl sites for hydroxylation is 2. The number of aromatic nitrogens is 3. The van der Waals surface area contributed by atoms with Crippen LogP contribution in [0.1, 0.15) is 42.3 Å². The minimum Gasteiger partial charge on any atom is -0.487 e. The van der Waals surface area contributed by atoms with Crippen molar-refractivity contribution in [1.29, 1.82) is 0 Å². The number of likely N-dealkylation sites (tertiary alicyclic amines) is 1. The molecule has 4 heterocycles. The molecule has 8 heteroatoms. The van der Waals surface area contributed by atoms with Gasteiger partial charge in [-0.3, -0.25) is 9.88 Å². The minimum atomic E-state index is -0.195. The van der Waals surface area contributed by atoms with Crippen molar-refractivity contribution >= 4 is 17.0 Å². The molecule has 0 spiro atoms. The second kappa shape index (κ2) is 10.7. The molecule has 2 aliphatic heterocycles. The average molecular weight is 514 g/mol. The van der Waals surface area contributed by atoms with Gasteiger partial charge in [-0.05, 0) is 62.9 Å². The highest BCUT2D eigenvalue weighted by molar-refractivity contribution is 5.82. The van der Waals surface area contributed by atoms with Crippen LogP contribution < -0.4 is 10.1 Å². The van der Waals surface area contributed by atoms with E-state index in [0.717, 1.165) is 71.2 Å². The molecule has 0 atom stereocenters. The number of piperidine rings is 1. The summed E-state index contributed by atoms with van der Waals surface area (Å²) in [5, 5.41) is 3.76. The van der Waals surface area contributed by atoms with Crippen LogP contribution in [0.4, 0.5) is 5.95 Å². The largest absolute Gasteiger partial charge is 0.487 e. The number of ether oxygens (including phenoxy) is 3. The third-order valence-corrected chi connectivity index (χ3v) is 7.37. The Labute approximate surface area is 223 Å². The standard InChI is InChI=1S/C30H35N5O3/c1-20-8-7-11-26-28(20)33-29(32-24-14-16-34(17-15-24)30-37-22(3)38-30)35(26)18-25-27(13-12-21(2)31-25)36-19-23-9-5-4-6-10-23/h4-13,22,24,30H,14-19H2,1-3H3,(H,32,33). The SMILES string of the molecule is Cc1ccc(OCc2ccccc2)c(Cn2c(NC3CCN(C4OC(C)O4)CC3)nc3c(C)cccc32)n1. The number of pyridine rings is 1. The van der Waals surface area contributed by atoms with Crippen molar-refractivity contribution in [3.63, 3.8) is 0 Å². The fraction of sp³-hybridized carbons (Fsp3) is 0.400. The Morgan fingerprint density at radius 2 is 1.74 bits per heavy atom. The van der Waals surface area contributed by atoms with E-state index in [1.54, 1.807) is 0 Å². The Morgan fingerprint density at radius 1 is 0.947 bits per heavy atom. The number of rotatable bonds is 8. The topological polar surface area (TPSA) is 73.7 Å². The summed E-state index contributed by atoms with van der Waals surface area (Å²) < 4.78 is 19.9. The summed E-state index contributed by atoms with van der Waals surface area (Å²) >= 11 is 0. The van der Waals surface area contributed by atoms with Gasteiger partial charge in [-0.15, -0.1) is 0 Å². The van der Waals surface area contributed by atoms with Crippen LogP contribution in [-0.4, -0.2) is 51.3 Å². The highest BCUT2D eigenvalue weighted by Gasteiger charge is 2.35.